The summed E-state index contributed by atoms with van der Waals surface area (Å²) < 4.78 is 4.86. The zero-order chi connectivity index (χ0) is 17.4. The third kappa shape index (κ3) is 6.14. The van der Waals surface area contributed by atoms with Crippen molar-refractivity contribution in [2.24, 2.45) is 0 Å². The molecular formula is C16H17ClN2O3S2. The van der Waals surface area contributed by atoms with Crippen molar-refractivity contribution in [1.82, 2.24) is 4.98 Å². The molecule has 0 spiro atoms. The number of rotatable bonds is 8. The van der Waals surface area contributed by atoms with Crippen molar-refractivity contribution >= 4 is 51.7 Å². The monoisotopic (exact) mass is 384 g/mol. The molecule has 1 amide bonds. The van der Waals surface area contributed by atoms with Crippen molar-refractivity contribution in [3.05, 3.63) is 40.4 Å². The average Bonchev–Trinajstić information content (AvgIpc) is 3.02. The molecule has 0 aliphatic carbocycles. The molecule has 0 saturated heterocycles. The topological polar surface area (TPSA) is 68.3 Å². The average molecular weight is 385 g/mol. The van der Waals surface area contributed by atoms with Gasteiger partial charge in [0.15, 0.2) is 10.8 Å². The molecule has 2 rings (SSSR count). The zero-order valence-electron chi connectivity index (χ0n) is 13.1. The number of ether oxygens (including phenoxy) is 1. The van der Waals surface area contributed by atoms with Gasteiger partial charge >= 0.3 is 5.97 Å². The van der Waals surface area contributed by atoms with Gasteiger partial charge in [-0.25, -0.2) is 9.78 Å². The highest BCUT2D eigenvalue weighted by molar-refractivity contribution is 7.99. The predicted octanol–water partition coefficient (Wildman–Crippen LogP) is 4.48. The normalized spacial score (nSPS) is 10.4. The maximum Gasteiger partial charge on any atom is 0.357 e. The number of esters is 1. The van der Waals surface area contributed by atoms with E-state index in [0.29, 0.717) is 23.2 Å². The molecule has 1 aromatic carbocycles. The Morgan fingerprint density at radius 2 is 2.08 bits per heavy atom. The number of nitrogens with one attached hydrogen (secondary N) is 1. The molecule has 1 heterocycles. The van der Waals surface area contributed by atoms with Gasteiger partial charge in [-0.1, -0.05) is 11.6 Å². The first-order valence-electron chi connectivity index (χ1n) is 7.39. The van der Waals surface area contributed by atoms with Crippen molar-refractivity contribution in [3.8, 4) is 0 Å². The van der Waals surface area contributed by atoms with Crippen LogP contribution < -0.4 is 5.32 Å². The van der Waals surface area contributed by atoms with Gasteiger partial charge in [0, 0.05) is 21.7 Å². The van der Waals surface area contributed by atoms with Crippen LogP contribution in [-0.2, 0) is 9.53 Å². The molecule has 2 aromatic rings. The molecule has 1 N–H and O–H groups in total. The van der Waals surface area contributed by atoms with Gasteiger partial charge in [0.05, 0.1) is 6.61 Å². The Kier molecular flexibility index (Phi) is 7.55. The minimum Gasteiger partial charge on any atom is -0.461 e. The molecule has 0 fully saturated rings. The Labute approximate surface area is 153 Å². The second-order valence-electron chi connectivity index (χ2n) is 4.71. The number of amides is 1. The molecule has 5 nitrogen and oxygen atoms in total. The van der Waals surface area contributed by atoms with E-state index in [1.54, 1.807) is 24.1 Å². The number of thiazole rings is 1. The van der Waals surface area contributed by atoms with Crippen LogP contribution in [0.4, 0.5) is 5.13 Å². The van der Waals surface area contributed by atoms with E-state index in [9.17, 15) is 9.59 Å². The predicted molar refractivity (Wildman–Crippen MR) is 98.1 cm³/mol. The maximum absolute atomic E-state index is 11.9. The number of hydrogen-bond donors (Lipinski definition) is 1. The first-order chi connectivity index (χ1) is 11.6. The van der Waals surface area contributed by atoms with Crippen LogP contribution >= 0.6 is 34.7 Å². The fourth-order valence-corrected chi connectivity index (χ4v) is 3.44. The van der Waals surface area contributed by atoms with Crippen LogP contribution in [-0.4, -0.2) is 29.2 Å². The Bertz CT molecular complexity index is 689. The summed E-state index contributed by atoms with van der Waals surface area (Å²) in [5, 5.41) is 5.40. The Hall–Kier alpha value is -1.57. The Balaban J connectivity index is 1.69. The van der Waals surface area contributed by atoms with Gasteiger partial charge in [0.2, 0.25) is 5.91 Å². The van der Waals surface area contributed by atoms with Crippen molar-refractivity contribution in [2.45, 2.75) is 24.7 Å². The smallest absolute Gasteiger partial charge is 0.357 e. The summed E-state index contributed by atoms with van der Waals surface area (Å²) in [5.74, 6) is 0.242. The summed E-state index contributed by atoms with van der Waals surface area (Å²) in [6.45, 7) is 2.03. The second-order valence-corrected chi connectivity index (χ2v) is 7.18. The number of hydrogen-bond acceptors (Lipinski definition) is 6. The van der Waals surface area contributed by atoms with E-state index in [2.05, 4.69) is 10.3 Å². The van der Waals surface area contributed by atoms with Crippen molar-refractivity contribution in [2.75, 3.05) is 17.7 Å². The number of anilines is 1. The van der Waals surface area contributed by atoms with Gasteiger partial charge in [0.25, 0.3) is 0 Å². The molecule has 0 saturated carbocycles. The molecule has 0 unspecified atom stereocenters. The highest BCUT2D eigenvalue weighted by Gasteiger charge is 2.13. The van der Waals surface area contributed by atoms with Crippen LogP contribution in [0, 0.1) is 0 Å². The van der Waals surface area contributed by atoms with Crippen molar-refractivity contribution < 1.29 is 14.3 Å². The van der Waals surface area contributed by atoms with E-state index >= 15 is 0 Å². The second kappa shape index (κ2) is 9.66. The zero-order valence-corrected chi connectivity index (χ0v) is 15.5. The van der Waals surface area contributed by atoms with E-state index < -0.39 is 5.97 Å². The highest BCUT2D eigenvalue weighted by Crippen LogP contribution is 2.22. The summed E-state index contributed by atoms with van der Waals surface area (Å²) in [7, 11) is 0. The summed E-state index contributed by atoms with van der Waals surface area (Å²) in [6.07, 6.45) is 1.14. The molecule has 128 valence electrons. The molecule has 0 atom stereocenters. The lowest BCUT2D eigenvalue weighted by molar-refractivity contribution is -0.116. The minimum atomic E-state index is -0.478. The van der Waals surface area contributed by atoms with Gasteiger partial charge < -0.3 is 10.1 Å². The fraction of sp³-hybridized carbons (Fsp3) is 0.312. The number of carbonyl (C=O) groups is 2. The van der Waals surface area contributed by atoms with Crippen LogP contribution in [0.2, 0.25) is 5.02 Å². The van der Waals surface area contributed by atoms with Crippen LogP contribution in [0.15, 0.2) is 34.5 Å². The quantitative estimate of drug-likeness (QED) is 0.412. The molecule has 0 aliphatic rings. The SMILES string of the molecule is CCOC(=O)c1csc(NC(=O)CCCSc2ccc(Cl)cc2)n1. The maximum atomic E-state index is 11.9. The third-order valence-corrected chi connectivity index (χ3v) is 4.97. The number of halogens is 1. The van der Waals surface area contributed by atoms with Crippen molar-refractivity contribution in [1.29, 1.82) is 0 Å². The summed E-state index contributed by atoms with van der Waals surface area (Å²) in [4.78, 5) is 28.6. The number of aromatic nitrogens is 1. The molecule has 24 heavy (non-hydrogen) atoms. The molecule has 0 aliphatic heterocycles. The number of carbonyl (C=O) groups excluding carboxylic acids is 2. The minimum absolute atomic E-state index is 0.114. The number of benzene rings is 1. The van der Waals surface area contributed by atoms with Gasteiger partial charge in [-0.3, -0.25) is 4.79 Å². The number of nitrogens with zero attached hydrogens (tertiary/aromatic N) is 1. The lowest BCUT2D eigenvalue weighted by atomic mass is 10.3. The van der Waals surface area contributed by atoms with Gasteiger partial charge in [-0.05, 0) is 43.4 Å². The van der Waals surface area contributed by atoms with Crippen LogP contribution in [0.5, 0.6) is 0 Å². The standard InChI is InChI=1S/C16H17ClN2O3S2/c1-2-22-15(21)13-10-24-16(18-13)19-14(20)4-3-9-23-12-7-5-11(17)6-8-12/h5-8,10H,2-4,9H2,1H3,(H,18,19,20). The number of thioether (sulfide) groups is 1. The van der Waals surface area contributed by atoms with Gasteiger partial charge in [0.1, 0.15) is 0 Å². The molecule has 0 bridgehead atoms. The van der Waals surface area contributed by atoms with Crippen LogP contribution in [0.25, 0.3) is 0 Å². The van der Waals surface area contributed by atoms with E-state index in [-0.39, 0.29) is 11.6 Å². The van der Waals surface area contributed by atoms with E-state index in [4.69, 9.17) is 16.3 Å². The third-order valence-electron chi connectivity index (χ3n) is 2.87. The van der Waals surface area contributed by atoms with E-state index in [1.807, 2.05) is 24.3 Å². The van der Waals surface area contributed by atoms with E-state index in [0.717, 1.165) is 17.1 Å². The fourth-order valence-electron chi connectivity index (χ4n) is 1.77. The van der Waals surface area contributed by atoms with Crippen LogP contribution in [0.3, 0.4) is 0 Å². The Morgan fingerprint density at radius 1 is 1.33 bits per heavy atom. The van der Waals surface area contributed by atoms with Crippen LogP contribution in [0.1, 0.15) is 30.3 Å². The lowest BCUT2D eigenvalue weighted by Gasteiger charge is -2.03. The molecule has 1 aromatic heterocycles. The largest absolute Gasteiger partial charge is 0.461 e. The molecule has 0 radical (unpaired) electrons. The first-order valence-corrected chi connectivity index (χ1v) is 9.63. The first kappa shape index (κ1) is 18.8. The molecule has 8 heteroatoms. The van der Waals surface area contributed by atoms with Gasteiger partial charge in [-0.15, -0.1) is 23.1 Å². The molecular weight excluding hydrogens is 368 g/mol. The van der Waals surface area contributed by atoms with E-state index in [1.165, 1.54) is 11.3 Å². The van der Waals surface area contributed by atoms with Gasteiger partial charge in [-0.2, -0.15) is 0 Å². The lowest BCUT2D eigenvalue weighted by Crippen LogP contribution is -2.12. The highest BCUT2D eigenvalue weighted by atomic mass is 35.5. The van der Waals surface area contributed by atoms with Crippen molar-refractivity contribution in [3.63, 3.8) is 0 Å². The summed E-state index contributed by atoms with van der Waals surface area (Å²) in [6, 6.07) is 7.61. The summed E-state index contributed by atoms with van der Waals surface area (Å²) in [5.41, 5.74) is 0.218. The summed E-state index contributed by atoms with van der Waals surface area (Å²) >= 11 is 8.72. The Morgan fingerprint density at radius 3 is 2.79 bits per heavy atom.